The van der Waals surface area contributed by atoms with E-state index >= 15 is 0 Å². The first-order valence-electron chi connectivity index (χ1n) is 5.36. The van der Waals surface area contributed by atoms with Crippen molar-refractivity contribution in [2.75, 3.05) is 13.7 Å². The molecule has 0 aliphatic heterocycles. The molecule has 7 heteroatoms. The van der Waals surface area contributed by atoms with Crippen LogP contribution in [0.1, 0.15) is 5.56 Å². The lowest BCUT2D eigenvalue weighted by Gasteiger charge is -2.11. The third-order valence-corrected chi connectivity index (χ3v) is 2.28. The molecule has 0 saturated heterocycles. The summed E-state index contributed by atoms with van der Waals surface area (Å²) in [5, 5.41) is 12.8. The van der Waals surface area contributed by atoms with Gasteiger partial charge >= 0.3 is 6.09 Å². The summed E-state index contributed by atoms with van der Waals surface area (Å²) in [5.74, 6) is 0. The predicted octanol–water partition coefficient (Wildman–Crippen LogP) is 0.821. The molecule has 1 atom stereocenters. The van der Waals surface area contributed by atoms with E-state index in [2.05, 4.69) is 5.32 Å². The number of hydrogen-bond acceptors (Lipinski definition) is 5. The molecule has 1 aromatic carbocycles. The zero-order chi connectivity index (χ0) is 13.5. The molecule has 7 nitrogen and oxygen atoms in total. The Morgan fingerprint density at radius 1 is 1.50 bits per heavy atom. The summed E-state index contributed by atoms with van der Waals surface area (Å²) in [6.45, 7) is 0.0939. The van der Waals surface area contributed by atoms with Crippen molar-refractivity contribution in [2.45, 2.75) is 12.5 Å². The molecule has 1 amide bonds. The number of nitrogens with zero attached hydrogens (tertiary/aromatic N) is 1. The van der Waals surface area contributed by atoms with Crippen LogP contribution in [-0.4, -0.2) is 30.7 Å². The number of alkyl carbamates (subject to hydrolysis) is 1. The van der Waals surface area contributed by atoms with Crippen LogP contribution in [0.15, 0.2) is 24.3 Å². The van der Waals surface area contributed by atoms with Crippen molar-refractivity contribution in [3.8, 4) is 0 Å². The number of nitro benzene ring substituents is 1. The van der Waals surface area contributed by atoms with Crippen molar-refractivity contribution in [1.29, 1.82) is 0 Å². The molecule has 1 unspecified atom stereocenters. The van der Waals surface area contributed by atoms with Crippen molar-refractivity contribution in [2.24, 2.45) is 5.73 Å². The second-order valence-electron chi connectivity index (χ2n) is 3.74. The number of benzene rings is 1. The quantitative estimate of drug-likeness (QED) is 0.596. The van der Waals surface area contributed by atoms with Gasteiger partial charge in [-0.15, -0.1) is 0 Å². The van der Waals surface area contributed by atoms with Crippen LogP contribution in [0, 0.1) is 10.1 Å². The number of carbonyl (C=O) groups is 1. The van der Waals surface area contributed by atoms with Crippen LogP contribution in [0.5, 0.6) is 0 Å². The number of nitrogens with one attached hydrogen (secondary N) is 1. The van der Waals surface area contributed by atoms with Crippen molar-refractivity contribution in [1.82, 2.24) is 5.32 Å². The summed E-state index contributed by atoms with van der Waals surface area (Å²) in [6, 6.07) is 5.77. The van der Waals surface area contributed by atoms with Gasteiger partial charge in [-0.2, -0.15) is 0 Å². The summed E-state index contributed by atoms with van der Waals surface area (Å²) in [6.07, 6.45) is -0.0521. The third kappa shape index (κ3) is 4.38. The number of hydrogen-bond donors (Lipinski definition) is 2. The molecule has 18 heavy (non-hydrogen) atoms. The largest absolute Gasteiger partial charge is 0.448 e. The number of carbonyl (C=O) groups excluding carboxylic acids is 1. The number of rotatable bonds is 5. The smallest absolute Gasteiger partial charge is 0.406 e. The molecule has 0 heterocycles. The molecule has 0 fully saturated rings. The van der Waals surface area contributed by atoms with Crippen molar-refractivity contribution in [3.05, 3.63) is 39.9 Å². The molecule has 1 rings (SSSR count). The van der Waals surface area contributed by atoms with Crippen LogP contribution in [0.4, 0.5) is 10.5 Å². The second kappa shape index (κ2) is 6.55. The maximum Gasteiger partial charge on any atom is 0.406 e. The highest BCUT2D eigenvalue weighted by Crippen LogP contribution is 2.12. The van der Waals surface area contributed by atoms with Crippen molar-refractivity contribution >= 4 is 11.8 Å². The Morgan fingerprint density at radius 3 is 2.61 bits per heavy atom. The molecule has 1 aromatic rings. The first-order chi connectivity index (χ1) is 8.52. The van der Waals surface area contributed by atoms with Gasteiger partial charge in [0.15, 0.2) is 0 Å². The molecule has 3 N–H and O–H groups in total. The van der Waals surface area contributed by atoms with E-state index in [0.717, 1.165) is 5.56 Å². The lowest BCUT2D eigenvalue weighted by molar-refractivity contribution is -0.384. The van der Waals surface area contributed by atoms with Gasteiger partial charge in [0.05, 0.1) is 4.92 Å². The van der Waals surface area contributed by atoms with Gasteiger partial charge in [0.1, 0.15) is 6.61 Å². The Kier molecular flexibility index (Phi) is 5.06. The van der Waals surface area contributed by atoms with Gasteiger partial charge in [-0.1, -0.05) is 12.1 Å². The van der Waals surface area contributed by atoms with Crippen molar-refractivity contribution < 1.29 is 14.5 Å². The van der Waals surface area contributed by atoms with Crippen LogP contribution in [0.3, 0.4) is 0 Å². The van der Waals surface area contributed by atoms with Crippen LogP contribution in [-0.2, 0) is 11.2 Å². The van der Waals surface area contributed by atoms with E-state index in [9.17, 15) is 14.9 Å². The van der Waals surface area contributed by atoms with Gasteiger partial charge in [-0.05, 0) is 12.0 Å². The lowest BCUT2D eigenvalue weighted by atomic mass is 10.1. The molecule has 0 aliphatic carbocycles. The van der Waals surface area contributed by atoms with E-state index < -0.39 is 11.0 Å². The van der Waals surface area contributed by atoms with Crippen molar-refractivity contribution in [3.63, 3.8) is 0 Å². The van der Waals surface area contributed by atoms with Gasteiger partial charge < -0.3 is 15.8 Å². The fraction of sp³-hybridized carbons (Fsp3) is 0.364. The predicted molar refractivity (Wildman–Crippen MR) is 65.2 cm³/mol. The number of nitrogens with two attached hydrogens (primary N) is 1. The Balaban J connectivity index is 2.46. The number of ether oxygens (including phenoxy) is 1. The fourth-order valence-corrected chi connectivity index (χ4v) is 1.37. The second-order valence-corrected chi connectivity index (χ2v) is 3.74. The average Bonchev–Trinajstić information content (AvgIpc) is 2.36. The minimum absolute atomic E-state index is 0.0360. The van der Waals surface area contributed by atoms with Crippen LogP contribution >= 0.6 is 0 Å². The zero-order valence-electron chi connectivity index (χ0n) is 9.96. The summed E-state index contributed by atoms with van der Waals surface area (Å²) in [4.78, 5) is 20.8. The molecular formula is C11H15N3O4. The summed E-state index contributed by atoms with van der Waals surface area (Å²) < 4.78 is 4.80. The minimum Gasteiger partial charge on any atom is -0.448 e. The maximum atomic E-state index is 10.8. The molecule has 0 aliphatic rings. The topological polar surface area (TPSA) is 107 Å². The number of non-ortho nitro benzene ring substituents is 1. The molecular weight excluding hydrogens is 238 g/mol. The lowest BCUT2D eigenvalue weighted by Crippen LogP contribution is -2.32. The van der Waals surface area contributed by atoms with E-state index in [1.165, 1.54) is 19.2 Å². The van der Waals surface area contributed by atoms with Gasteiger partial charge in [-0.25, -0.2) is 4.79 Å². The monoisotopic (exact) mass is 253 g/mol. The van der Waals surface area contributed by atoms with E-state index in [1.807, 2.05) is 0 Å². The third-order valence-electron chi connectivity index (χ3n) is 2.28. The molecule has 98 valence electrons. The van der Waals surface area contributed by atoms with E-state index in [1.54, 1.807) is 12.1 Å². The standard InChI is InChI=1S/C11H15N3O4/c1-13-11(15)18-7-9(12)6-8-2-4-10(5-3-8)14(16)17/h2-5,9H,6-7,12H2,1H3,(H,13,15). The van der Waals surface area contributed by atoms with Crippen LogP contribution in [0.25, 0.3) is 0 Å². The zero-order valence-corrected chi connectivity index (χ0v) is 9.96. The Morgan fingerprint density at radius 2 is 2.11 bits per heavy atom. The SMILES string of the molecule is CNC(=O)OCC(N)Cc1ccc([N+](=O)[O-])cc1. The number of nitro groups is 1. The van der Waals surface area contributed by atoms with Crippen LogP contribution < -0.4 is 11.1 Å². The molecule has 0 bridgehead atoms. The highest BCUT2D eigenvalue weighted by Gasteiger charge is 2.09. The Hall–Kier alpha value is -2.15. The molecule has 0 spiro atoms. The van der Waals surface area contributed by atoms with Gasteiger partial charge in [0, 0.05) is 25.2 Å². The Bertz CT molecular complexity index is 419. The normalized spacial score (nSPS) is 11.7. The van der Waals surface area contributed by atoms with E-state index in [4.69, 9.17) is 10.5 Å². The average molecular weight is 253 g/mol. The Labute approximate surface area is 104 Å². The first kappa shape index (κ1) is 13.9. The molecule has 0 radical (unpaired) electrons. The summed E-state index contributed by atoms with van der Waals surface area (Å²) in [5.41, 5.74) is 6.66. The molecule has 0 saturated carbocycles. The van der Waals surface area contributed by atoms with Crippen LogP contribution in [0.2, 0.25) is 0 Å². The van der Waals surface area contributed by atoms with E-state index in [0.29, 0.717) is 6.42 Å². The van der Waals surface area contributed by atoms with Gasteiger partial charge in [0.2, 0.25) is 0 Å². The maximum absolute atomic E-state index is 10.8. The number of amides is 1. The summed E-state index contributed by atoms with van der Waals surface area (Å²) >= 11 is 0. The first-order valence-corrected chi connectivity index (χ1v) is 5.36. The fourth-order valence-electron chi connectivity index (χ4n) is 1.37. The van der Waals surface area contributed by atoms with Gasteiger partial charge in [0.25, 0.3) is 5.69 Å². The van der Waals surface area contributed by atoms with E-state index in [-0.39, 0.29) is 18.3 Å². The highest BCUT2D eigenvalue weighted by molar-refractivity contribution is 5.66. The summed E-state index contributed by atoms with van der Waals surface area (Å²) in [7, 11) is 1.46. The highest BCUT2D eigenvalue weighted by atomic mass is 16.6. The molecule has 0 aromatic heterocycles. The van der Waals surface area contributed by atoms with Gasteiger partial charge in [-0.3, -0.25) is 10.1 Å². The minimum atomic E-state index is -0.533.